The summed E-state index contributed by atoms with van der Waals surface area (Å²) in [6, 6.07) is 6.87. The normalized spacial score (nSPS) is 16.6. The molecule has 1 aliphatic carbocycles. The monoisotopic (exact) mass is 282 g/mol. The topological polar surface area (TPSA) is 63.4 Å². The highest BCUT2D eigenvalue weighted by Gasteiger charge is 2.28. The van der Waals surface area contributed by atoms with Crippen LogP contribution in [0.2, 0.25) is 0 Å². The lowest BCUT2D eigenvalue weighted by atomic mass is 9.85. The van der Waals surface area contributed by atoms with Gasteiger partial charge in [0.15, 0.2) is 0 Å². The van der Waals surface area contributed by atoms with Crippen molar-refractivity contribution in [2.75, 3.05) is 13.1 Å². The van der Waals surface area contributed by atoms with Crippen LogP contribution < -0.4 is 5.73 Å². The predicted molar refractivity (Wildman–Crippen MR) is 76.1 cm³/mol. The summed E-state index contributed by atoms with van der Waals surface area (Å²) in [5, 5.41) is 0. The van der Waals surface area contributed by atoms with Crippen LogP contribution in [0.4, 0.5) is 0 Å². The maximum absolute atomic E-state index is 12.5. The first-order chi connectivity index (χ1) is 9.07. The van der Waals surface area contributed by atoms with Crippen LogP contribution in [0.15, 0.2) is 29.2 Å². The smallest absolute Gasteiger partial charge is 0.243 e. The molecule has 1 aromatic carbocycles. The summed E-state index contributed by atoms with van der Waals surface area (Å²) in [4.78, 5) is 0.367. The zero-order valence-electron chi connectivity index (χ0n) is 11.4. The van der Waals surface area contributed by atoms with Crippen LogP contribution in [0.25, 0.3) is 0 Å². The summed E-state index contributed by atoms with van der Waals surface area (Å²) in [6.07, 6.45) is 3.53. The zero-order valence-corrected chi connectivity index (χ0v) is 12.2. The van der Waals surface area contributed by atoms with Crippen LogP contribution in [0.1, 0.15) is 31.7 Å². The van der Waals surface area contributed by atoms with E-state index in [0.29, 0.717) is 30.4 Å². The van der Waals surface area contributed by atoms with Crippen molar-refractivity contribution < 1.29 is 8.42 Å². The molecule has 0 unspecified atom stereocenters. The van der Waals surface area contributed by atoms with E-state index >= 15 is 0 Å². The van der Waals surface area contributed by atoms with E-state index in [9.17, 15) is 8.42 Å². The average Bonchev–Trinajstić information content (AvgIpc) is 2.37. The van der Waals surface area contributed by atoms with Gasteiger partial charge in [-0.2, -0.15) is 4.31 Å². The van der Waals surface area contributed by atoms with E-state index in [1.807, 2.05) is 6.92 Å². The van der Waals surface area contributed by atoms with E-state index in [-0.39, 0.29) is 0 Å². The highest BCUT2D eigenvalue weighted by atomic mass is 32.2. The Bertz CT molecular complexity index is 507. The Morgan fingerprint density at radius 3 is 2.32 bits per heavy atom. The van der Waals surface area contributed by atoms with E-state index < -0.39 is 10.0 Å². The first-order valence-corrected chi connectivity index (χ1v) is 8.31. The molecule has 1 fully saturated rings. The Morgan fingerprint density at radius 2 is 1.89 bits per heavy atom. The van der Waals surface area contributed by atoms with Gasteiger partial charge in [-0.05, 0) is 36.5 Å². The maximum atomic E-state index is 12.5. The minimum Gasteiger partial charge on any atom is -0.326 e. The fraction of sp³-hybridized carbons (Fsp3) is 0.571. The molecule has 1 aliphatic rings. The van der Waals surface area contributed by atoms with Crippen LogP contribution in [0, 0.1) is 5.92 Å². The van der Waals surface area contributed by atoms with Crippen molar-refractivity contribution in [3.8, 4) is 0 Å². The molecule has 0 saturated heterocycles. The molecule has 4 nitrogen and oxygen atoms in total. The van der Waals surface area contributed by atoms with E-state index in [1.165, 1.54) is 6.42 Å². The van der Waals surface area contributed by atoms with Gasteiger partial charge >= 0.3 is 0 Å². The Balaban J connectivity index is 2.17. The van der Waals surface area contributed by atoms with E-state index in [1.54, 1.807) is 28.6 Å². The molecule has 19 heavy (non-hydrogen) atoms. The first kappa shape index (κ1) is 14.5. The molecule has 5 heteroatoms. The molecule has 0 spiro atoms. The van der Waals surface area contributed by atoms with Gasteiger partial charge in [-0.1, -0.05) is 25.5 Å². The van der Waals surface area contributed by atoms with Crippen LogP contribution in [0.3, 0.4) is 0 Å². The van der Waals surface area contributed by atoms with Crippen molar-refractivity contribution in [3.63, 3.8) is 0 Å². The molecular formula is C14H22N2O2S. The number of rotatable bonds is 6. The molecule has 0 amide bonds. The predicted octanol–water partition coefficient (Wildman–Crippen LogP) is 1.96. The Kier molecular flexibility index (Phi) is 4.60. The van der Waals surface area contributed by atoms with Gasteiger partial charge in [0.25, 0.3) is 0 Å². The molecule has 0 atom stereocenters. The van der Waals surface area contributed by atoms with E-state index in [2.05, 4.69) is 0 Å². The van der Waals surface area contributed by atoms with Crippen LogP contribution in [0.5, 0.6) is 0 Å². The summed E-state index contributed by atoms with van der Waals surface area (Å²) in [5.74, 6) is 0.540. The highest BCUT2D eigenvalue weighted by molar-refractivity contribution is 7.89. The largest absolute Gasteiger partial charge is 0.326 e. The van der Waals surface area contributed by atoms with Gasteiger partial charge in [-0.3, -0.25) is 0 Å². The van der Waals surface area contributed by atoms with E-state index in [4.69, 9.17) is 5.73 Å². The summed E-state index contributed by atoms with van der Waals surface area (Å²) in [7, 11) is -3.35. The van der Waals surface area contributed by atoms with Gasteiger partial charge in [0.2, 0.25) is 10.0 Å². The van der Waals surface area contributed by atoms with Crippen LogP contribution in [-0.4, -0.2) is 25.8 Å². The quantitative estimate of drug-likeness (QED) is 0.867. The summed E-state index contributed by atoms with van der Waals surface area (Å²) < 4.78 is 26.7. The van der Waals surface area contributed by atoms with Gasteiger partial charge in [-0.25, -0.2) is 8.42 Å². The van der Waals surface area contributed by atoms with Gasteiger partial charge in [-0.15, -0.1) is 0 Å². The molecular weight excluding hydrogens is 260 g/mol. The number of benzene rings is 1. The lowest BCUT2D eigenvalue weighted by Crippen LogP contribution is -2.37. The second-order valence-electron chi connectivity index (χ2n) is 5.10. The van der Waals surface area contributed by atoms with Crippen molar-refractivity contribution in [2.24, 2.45) is 11.7 Å². The lowest BCUT2D eigenvalue weighted by molar-refractivity contribution is 0.250. The standard InChI is InChI=1S/C14H22N2O2S/c1-2-16(11-13-4-3-5-13)19(17,18)14-8-6-12(10-15)7-9-14/h6-9,13H,2-5,10-11,15H2,1H3. The molecule has 0 radical (unpaired) electrons. The SMILES string of the molecule is CCN(CC1CCC1)S(=O)(=O)c1ccc(CN)cc1. The lowest BCUT2D eigenvalue weighted by Gasteiger charge is -2.31. The van der Waals surface area contributed by atoms with Gasteiger partial charge in [0, 0.05) is 19.6 Å². The third-order valence-corrected chi connectivity index (χ3v) is 5.79. The number of hydrogen-bond acceptors (Lipinski definition) is 3. The summed E-state index contributed by atoms with van der Waals surface area (Å²) in [6.45, 7) is 3.50. The van der Waals surface area contributed by atoms with Crippen molar-refractivity contribution in [3.05, 3.63) is 29.8 Å². The van der Waals surface area contributed by atoms with Gasteiger partial charge in [0.1, 0.15) is 0 Å². The molecule has 0 heterocycles. The first-order valence-electron chi connectivity index (χ1n) is 6.87. The number of nitrogens with two attached hydrogens (primary N) is 1. The fourth-order valence-corrected chi connectivity index (χ4v) is 3.83. The van der Waals surface area contributed by atoms with Gasteiger partial charge < -0.3 is 5.73 Å². The van der Waals surface area contributed by atoms with Crippen molar-refractivity contribution in [1.82, 2.24) is 4.31 Å². The highest BCUT2D eigenvalue weighted by Crippen LogP contribution is 2.29. The van der Waals surface area contributed by atoms with Crippen molar-refractivity contribution in [1.29, 1.82) is 0 Å². The van der Waals surface area contributed by atoms with Crippen molar-refractivity contribution >= 4 is 10.0 Å². The molecule has 2 rings (SSSR count). The van der Waals surface area contributed by atoms with Crippen LogP contribution >= 0.6 is 0 Å². The molecule has 0 aromatic heterocycles. The molecule has 106 valence electrons. The Morgan fingerprint density at radius 1 is 1.26 bits per heavy atom. The van der Waals surface area contributed by atoms with Crippen molar-refractivity contribution in [2.45, 2.75) is 37.6 Å². The zero-order chi connectivity index (χ0) is 13.9. The average molecular weight is 282 g/mol. The fourth-order valence-electron chi connectivity index (χ4n) is 2.31. The molecule has 2 N–H and O–H groups in total. The second kappa shape index (κ2) is 6.03. The molecule has 1 aromatic rings. The Hall–Kier alpha value is -0.910. The minimum atomic E-state index is -3.35. The number of nitrogens with zero attached hydrogens (tertiary/aromatic N) is 1. The Labute approximate surface area is 115 Å². The molecule has 0 bridgehead atoms. The summed E-state index contributed by atoms with van der Waals surface area (Å²) in [5.41, 5.74) is 6.47. The molecule has 0 aliphatic heterocycles. The third kappa shape index (κ3) is 3.16. The second-order valence-corrected chi connectivity index (χ2v) is 7.04. The van der Waals surface area contributed by atoms with Crippen LogP contribution in [-0.2, 0) is 16.6 Å². The molecule has 1 saturated carbocycles. The maximum Gasteiger partial charge on any atom is 0.243 e. The minimum absolute atomic E-state index is 0.367. The third-order valence-electron chi connectivity index (χ3n) is 3.84. The summed E-state index contributed by atoms with van der Waals surface area (Å²) >= 11 is 0. The number of hydrogen-bond donors (Lipinski definition) is 1. The number of sulfonamides is 1. The van der Waals surface area contributed by atoms with E-state index in [0.717, 1.165) is 18.4 Å². The van der Waals surface area contributed by atoms with Gasteiger partial charge in [0.05, 0.1) is 4.90 Å².